The van der Waals surface area contributed by atoms with Gasteiger partial charge in [-0.25, -0.2) is 30.4 Å². The van der Waals surface area contributed by atoms with Gasteiger partial charge in [-0.3, -0.25) is 19.1 Å². The molecule has 0 unspecified atom stereocenters. The highest BCUT2D eigenvalue weighted by atomic mass is 32.2. The number of fused-ring (bicyclic) bond motifs is 1. The average Bonchev–Trinajstić information content (AvgIpc) is 3.05. The highest BCUT2D eigenvalue weighted by Crippen LogP contribution is 2.36. The lowest BCUT2D eigenvalue weighted by Gasteiger charge is -2.41. The van der Waals surface area contributed by atoms with E-state index in [9.17, 15) is 45.1 Å². The summed E-state index contributed by atoms with van der Waals surface area (Å²) < 4.78 is 98.8. The third-order valence-corrected chi connectivity index (χ3v) is 10.9. The molecular formula is C32H29F5N4O5S. The molecule has 2 aliphatic rings. The lowest BCUT2D eigenvalue weighted by atomic mass is 9.85. The first kappa shape index (κ1) is 32.7. The van der Waals surface area contributed by atoms with E-state index >= 15 is 0 Å². The molecule has 15 heteroatoms. The predicted octanol–water partition coefficient (Wildman–Crippen LogP) is 5.09. The molecule has 0 spiro atoms. The van der Waals surface area contributed by atoms with Gasteiger partial charge in [-0.05, 0) is 66.5 Å². The number of sulfonamides is 1. The minimum absolute atomic E-state index is 0.104. The van der Waals surface area contributed by atoms with Crippen molar-refractivity contribution in [3.63, 3.8) is 0 Å². The van der Waals surface area contributed by atoms with Gasteiger partial charge in [-0.15, -0.1) is 0 Å². The van der Waals surface area contributed by atoms with Crippen molar-refractivity contribution in [3.05, 3.63) is 99.5 Å². The fraction of sp³-hybridized carbons (Fsp3) is 0.344. The topological polar surface area (TPSA) is 113 Å². The largest absolute Gasteiger partial charge is 0.376 e. The average molecular weight is 677 g/mol. The standard InChI is InChI=1S/C32H29F5N4O5S/c33-25-26(34)28(36)30(29(37)27(25)35)47(45,46)41-13-11-24(41)32(44)40(16-21-7-6-20(15-38-21)18-4-2-1-3-5-18)22-8-9-23-19(14-22)10-12-39(17-42)31(23)43/h6-10,12,14-15,18,24,42H,1-5,11,13,16-17H2/t24-/m1/s1. The summed E-state index contributed by atoms with van der Waals surface area (Å²) >= 11 is 0. The maximum absolute atomic E-state index is 14.6. The van der Waals surface area contributed by atoms with Crippen LogP contribution in [0.25, 0.3) is 10.8 Å². The zero-order valence-corrected chi connectivity index (χ0v) is 25.6. The maximum Gasteiger partial charge on any atom is 0.260 e. The molecule has 2 aromatic carbocycles. The third-order valence-electron chi connectivity index (χ3n) is 8.93. The van der Waals surface area contributed by atoms with Gasteiger partial charge < -0.3 is 10.0 Å². The first-order chi connectivity index (χ1) is 22.4. The Bertz CT molecular complexity index is 2010. The highest BCUT2D eigenvalue weighted by molar-refractivity contribution is 7.89. The van der Waals surface area contributed by atoms with E-state index in [0.717, 1.165) is 35.8 Å². The summed E-state index contributed by atoms with van der Waals surface area (Å²) in [6.45, 7) is -1.15. The van der Waals surface area contributed by atoms with E-state index < -0.39 is 74.8 Å². The van der Waals surface area contributed by atoms with Gasteiger partial charge in [0.1, 0.15) is 12.8 Å². The summed E-state index contributed by atoms with van der Waals surface area (Å²) in [7, 11) is -5.37. The third kappa shape index (κ3) is 5.80. The number of aliphatic hydroxyl groups excluding tert-OH is 1. The molecule has 0 bridgehead atoms. The van der Waals surface area contributed by atoms with Crippen molar-refractivity contribution in [3.8, 4) is 0 Å². The molecule has 6 rings (SSSR count). The van der Waals surface area contributed by atoms with E-state index in [4.69, 9.17) is 0 Å². The van der Waals surface area contributed by atoms with Crippen molar-refractivity contribution < 1.29 is 40.3 Å². The number of anilines is 1. The molecule has 2 aromatic heterocycles. The van der Waals surface area contributed by atoms with Crippen LogP contribution in [-0.4, -0.2) is 45.9 Å². The Morgan fingerprint density at radius 3 is 2.19 bits per heavy atom. The Morgan fingerprint density at radius 2 is 1.60 bits per heavy atom. The number of carbonyl (C=O) groups excluding carboxylic acids is 1. The van der Waals surface area contributed by atoms with Crippen molar-refractivity contribution in [2.45, 2.75) is 68.7 Å². The van der Waals surface area contributed by atoms with E-state index in [1.165, 1.54) is 35.7 Å². The predicted molar refractivity (Wildman–Crippen MR) is 160 cm³/mol. The van der Waals surface area contributed by atoms with Crippen molar-refractivity contribution >= 4 is 32.4 Å². The van der Waals surface area contributed by atoms with Crippen LogP contribution < -0.4 is 10.5 Å². The number of halogens is 5. The van der Waals surface area contributed by atoms with Gasteiger partial charge in [-0.2, -0.15) is 4.31 Å². The number of benzene rings is 2. The molecular weight excluding hydrogens is 647 g/mol. The summed E-state index contributed by atoms with van der Waals surface area (Å²) in [5.41, 5.74) is 1.22. The van der Waals surface area contributed by atoms with E-state index in [1.807, 2.05) is 6.07 Å². The molecule has 47 heavy (non-hydrogen) atoms. The Labute approximate surface area is 265 Å². The molecule has 3 heterocycles. The van der Waals surface area contributed by atoms with Gasteiger partial charge in [0.15, 0.2) is 28.2 Å². The summed E-state index contributed by atoms with van der Waals surface area (Å²) in [4.78, 5) is 30.5. The van der Waals surface area contributed by atoms with Crippen LogP contribution in [0.3, 0.4) is 0 Å². The number of amides is 1. The smallest absolute Gasteiger partial charge is 0.260 e. The maximum atomic E-state index is 14.6. The molecule has 4 aromatic rings. The van der Waals surface area contributed by atoms with Crippen LogP contribution in [-0.2, 0) is 28.1 Å². The van der Waals surface area contributed by atoms with Crippen molar-refractivity contribution in [1.29, 1.82) is 0 Å². The SMILES string of the molecule is O=C([C@H]1CCN1S(=O)(=O)c1c(F)c(F)c(F)c(F)c1F)N(Cc1ccc(C2CCCCC2)cn1)c1ccc2c(=O)n(CO)ccc2c1. The number of pyridine rings is 2. The molecule has 9 nitrogen and oxygen atoms in total. The second kappa shape index (κ2) is 12.8. The molecule has 0 radical (unpaired) electrons. The minimum Gasteiger partial charge on any atom is -0.376 e. The Balaban J connectivity index is 1.37. The van der Waals surface area contributed by atoms with Gasteiger partial charge in [0.2, 0.25) is 21.7 Å². The number of aliphatic hydroxyl groups is 1. The van der Waals surface area contributed by atoms with E-state index in [0.29, 0.717) is 21.3 Å². The number of nitrogens with zero attached hydrogens (tertiary/aromatic N) is 4. The Morgan fingerprint density at radius 1 is 0.915 bits per heavy atom. The second-order valence-electron chi connectivity index (χ2n) is 11.7. The number of rotatable bonds is 8. The fourth-order valence-electron chi connectivity index (χ4n) is 6.23. The van der Waals surface area contributed by atoms with Crippen LogP contribution in [0.15, 0.2) is 58.5 Å². The van der Waals surface area contributed by atoms with Crippen molar-refractivity contribution in [2.75, 3.05) is 11.4 Å². The lowest BCUT2D eigenvalue weighted by molar-refractivity contribution is -0.125. The van der Waals surface area contributed by atoms with E-state index in [-0.39, 0.29) is 24.0 Å². The lowest BCUT2D eigenvalue weighted by Crippen LogP contribution is -2.59. The number of carbonyl (C=O) groups is 1. The minimum atomic E-state index is -5.37. The number of hydrogen-bond acceptors (Lipinski definition) is 6. The first-order valence-electron chi connectivity index (χ1n) is 15.0. The van der Waals surface area contributed by atoms with Crippen molar-refractivity contribution in [2.24, 2.45) is 0 Å². The Hall–Kier alpha value is -4.21. The quantitative estimate of drug-likeness (QED) is 0.158. The molecule has 1 atom stereocenters. The molecule has 1 saturated carbocycles. The van der Waals surface area contributed by atoms with Gasteiger partial charge in [0.25, 0.3) is 5.56 Å². The van der Waals surface area contributed by atoms with Crippen LogP contribution in [0.4, 0.5) is 27.6 Å². The van der Waals surface area contributed by atoms with Crippen LogP contribution in [0, 0.1) is 29.1 Å². The summed E-state index contributed by atoms with van der Waals surface area (Å²) in [6, 6.07) is 8.05. The first-order valence-corrected chi connectivity index (χ1v) is 16.4. The van der Waals surface area contributed by atoms with Crippen LogP contribution in [0.2, 0.25) is 0 Å². The highest BCUT2D eigenvalue weighted by Gasteiger charge is 2.48. The summed E-state index contributed by atoms with van der Waals surface area (Å²) in [5, 5.41) is 10.1. The summed E-state index contributed by atoms with van der Waals surface area (Å²) in [6.07, 6.45) is 8.47. The molecule has 1 amide bonds. The van der Waals surface area contributed by atoms with Crippen molar-refractivity contribution in [1.82, 2.24) is 13.9 Å². The van der Waals surface area contributed by atoms with E-state index in [1.54, 1.807) is 18.3 Å². The zero-order chi connectivity index (χ0) is 33.6. The molecule has 1 aliphatic carbocycles. The van der Waals surface area contributed by atoms with Gasteiger partial charge >= 0.3 is 0 Å². The van der Waals surface area contributed by atoms with Gasteiger partial charge in [0, 0.05) is 30.0 Å². The second-order valence-corrected chi connectivity index (χ2v) is 13.5. The van der Waals surface area contributed by atoms with Gasteiger partial charge in [0.05, 0.1) is 12.2 Å². The molecule has 1 N–H and O–H groups in total. The molecule has 1 aliphatic heterocycles. The van der Waals surface area contributed by atoms with Crippen LogP contribution in [0.1, 0.15) is 55.7 Å². The fourth-order valence-corrected chi connectivity index (χ4v) is 7.97. The normalized spacial score (nSPS) is 17.5. The Kier molecular flexibility index (Phi) is 8.89. The van der Waals surface area contributed by atoms with Crippen LogP contribution in [0.5, 0.6) is 0 Å². The number of hydrogen-bond donors (Lipinski definition) is 1. The molecule has 1 saturated heterocycles. The summed E-state index contributed by atoms with van der Waals surface area (Å²) in [5.74, 6) is -12.9. The van der Waals surface area contributed by atoms with Gasteiger partial charge in [-0.1, -0.05) is 25.3 Å². The molecule has 248 valence electrons. The number of aromatic nitrogens is 2. The molecule has 2 fully saturated rings. The monoisotopic (exact) mass is 676 g/mol. The van der Waals surface area contributed by atoms with E-state index in [2.05, 4.69) is 4.98 Å². The zero-order valence-electron chi connectivity index (χ0n) is 24.8. The van der Waals surface area contributed by atoms with Crippen LogP contribution >= 0.6 is 0 Å².